The van der Waals surface area contributed by atoms with Crippen LogP contribution in [0.1, 0.15) is 29.6 Å². The second-order valence-corrected chi connectivity index (χ2v) is 6.52. The monoisotopic (exact) mass is 364 g/mol. The van der Waals surface area contributed by atoms with Crippen LogP contribution in [0.5, 0.6) is 11.5 Å². The maximum atomic E-state index is 12.3. The number of benzene rings is 1. The summed E-state index contributed by atoms with van der Waals surface area (Å²) in [6.45, 7) is 2.71. The predicted octanol–water partition coefficient (Wildman–Crippen LogP) is 1.71. The largest absolute Gasteiger partial charge is 0.493 e. The maximum Gasteiger partial charge on any atom is 0.343 e. The number of hydrogen-bond donors (Lipinski definition) is 1. The molecule has 1 fully saturated rings. The molecule has 1 aromatic rings. The van der Waals surface area contributed by atoms with E-state index in [-0.39, 0.29) is 12.5 Å². The molecule has 0 aromatic heterocycles. The highest BCUT2D eigenvalue weighted by atomic mass is 16.6. The number of esters is 1. The summed E-state index contributed by atoms with van der Waals surface area (Å²) in [7, 11) is 4.92. The fraction of sp³-hybridized carbons (Fsp3) is 0.579. The first-order chi connectivity index (χ1) is 12.5. The molecule has 0 saturated carbocycles. The van der Waals surface area contributed by atoms with Crippen LogP contribution < -0.4 is 14.8 Å². The first kappa shape index (κ1) is 20.0. The van der Waals surface area contributed by atoms with Gasteiger partial charge in [-0.25, -0.2) is 4.79 Å². The summed E-state index contributed by atoms with van der Waals surface area (Å²) < 4.78 is 15.1. The first-order valence-corrected chi connectivity index (χ1v) is 8.88. The van der Waals surface area contributed by atoms with Gasteiger partial charge in [0.15, 0.2) is 18.1 Å². The molecule has 0 spiro atoms. The van der Waals surface area contributed by atoms with Gasteiger partial charge < -0.3 is 24.4 Å². The molecule has 2 rings (SSSR count). The number of carbonyl (C=O) groups is 2. The number of nitrogens with zero attached hydrogens (tertiary/aromatic N) is 1. The van der Waals surface area contributed by atoms with Crippen molar-refractivity contribution in [2.24, 2.45) is 5.92 Å². The van der Waals surface area contributed by atoms with Crippen LogP contribution in [0.4, 0.5) is 0 Å². The van der Waals surface area contributed by atoms with E-state index >= 15 is 0 Å². The molecule has 1 aromatic carbocycles. The molecule has 1 N–H and O–H groups in total. The van der Waals surface area contributed by atoms with Crippen molar-refractivity contribution in [1.82, 2.24) is 10.2 Å². The van der Waals surface area contributed by atoms with Crippen molar-refractivity contribution in [3.8, 4) is 11.5 Å². The average Bonchev–Trinajstić information content (AvgIpc) is 2.67. The van der Waals surface area contributed by atoms with E-state index in [1.54, 1.807) is 18.2 Å². The third-order valence-corrected chi connectivity index (χ3v) is 4.68. The van der Waals surface area contributed by atoms with Gasteiger partial charge in [-0.3, -0.25) is 4.79 Å². The van der Waals surface area contributed by atoms with E-state index in [9.17, 15) is 9.59 Å². The second kappa shape index (κ2) is 10.0. The lowest BCUT2D eigenvalue weighted by Gasteiger charge is -2.28. The highest BCUT2D eigenvalue weighted by Gasteiger charge is 2.17. The van der Waals surface area contributed by atoms with Crippen LogP contribution in [0, 0.1) is 5.92 Å². The van der Waals surface area contributed by atoms with Crippen molar-refractivity contribution in [3.05, 3.63) is 23.8 Å². The number of likely N-dealkylation sites (tertiary alicyclic amines) is 1. The number of nitrogens with one attached hydrogen (secondary N) is 1. The van der Waals surface area contributed by atoms with Crippen LogP contribution in [0.2, 0.25) is 0 Å². The molecule has 7 heteroatoms. The Kier molecular flexibility index (Phi) is 7.72. The number of carbonyl (C=O) groups excluding carboxylic acids is 2. The summed E-state index contributed by atoms with van der Waals surface area (Å²) in [4.78, 5) is 25.9. The standard InChI is InChI=1S/C19H28N2O5/c1-21-10-7-14(8-11-21)6-9-20-19(23)15-4-5-16(17(12-15)24-2)26-13-18(22)25-3/h4-5,12,14H,6-11,13H2,1-3H3,(H,20,23). The van der Waals surface area contributed by atoms with Crippen molar-refractivity contribution in [3.63, 3.8) is 0 Å². The SMILES string of the molecule is COC(=O)COc1ccc(C(=O)NCCC2CCN(C)CC2)cc1OC. The molecule has 144 valence electrons. The lowest BCUT2D eigenvalue weighted by Crippen LogP contribution is -2.32. The summed E-state index contributed by atoms with van der Waals surface area (Å²) in [5, 5.41) is 2.96. The number of ether oxygens (including phenoxy) is 3. The minimum Gasteiger partial charge on any atom is -0.493 e. The van der Waals surface area contributed by atoms with Crippen LogP contribution in [0.25, 0.3) is 0 Å². The molecule has 0 atom stereocenters. The molecule has 1 aliphatic heterocycles. The van der Waals surface area contributed by atoms with Gasteiger partial charge >= 0.3 is 5.97 Å². The zero-order chi connectivity index (χ0) is 18.9. The predicted molar refractivity (Wildman–Crippen MR) is 97.7 cm³/mol. The summed E-state index contributed by atoms with van der Waals surface area (Å²) in [6, 6.07) is 4.88. The highest BCUT2D eigenvalue weighted by Crippen LogP contribution is 2.28. The van der Waals surface area contributed by atoms with E-state index in [4.69, 9.17) is 9.47 Å². The number of piperidine rings is 1. The van der Waals surface area contributed by atoms with Gasteiger partial charge in [0.05, 0.1) is 14.2 Å². The Bertz CT molecular complexity index is 612. The zero-order valence-electron chi connectivity index (χ0n) is 15.7. The Morgan fingerprint density at radius 1 is 1.19 bits per heavy atom. The smallest absolute Gasteiger partial charge is 0.343 e. The van der Waals surface area contributed by atoms with Crippen molar-refractivity contribution in [2.45, 2.75) is 19.3 Å². The Hall–Kier alpha value is -2.28. The summed E-state index contributed by atoms with van der Waals surface area (Å²) >= 11 is 0. The van der Waals surface area contributed by atoms with Crippen LogP contribution in [-0.4, -0.2) is 64.3 Å². The molecule has 0 radical (unpaired) electrons. The number of hydrogen-bond acceptors (Lipinski definition) is 6. The molecule has 1 amide bonds. The van der Waals surface area contributed by atoms with E-state index < -0.39 is 5.97 Å². The molecular weight excluding hydrogens is 336 g/mol. The van der Waals surface area contributed by atoms with Crippen LogP contribution in [-0.2, 0) is 9.53 Å². The molecule has 0 unspecified atom stereocenters. The van der Waals surface area contributed by atoms with Gasteiger partial charge in [-0.2, -0.15) is 0 Å². The fourth-order valence-corrected chi connectivity index (χ4v) is 2.97. The topological polar surface area (TPSA) is 77.1 Å². The fourth-order valence-electron chi connectivity index (χ4n) is 2.97. The van der Waals surface area contributed by atoms with Gasteiger partial charge in [0.1, 0.15) is 0 Å². The average molecular weight is 364 g/mol. The van der Waals surface area contributed by atoms with Crippen LogP contribution in [0.3, 0.4) is 0 Å². The number of methoxy groups -OCH3 is 2. The van der Waals surface area contributed by atoms with Gasteiger partial charge in [0.2, 0.25) is 0 Å². The summed E-state index contributed by atoms with van der Waals surface area (Å²) in [5.74, 6) is 0.839. The van der Waals surface area contributed by atoms with Gasteiger partial charge in [-0.15, -0.1) is 0 Å². The minimum atomic E-state index is -0.484. The third-order valence-electron chi connectivity index (χ3n) is 4.68. The molecule has 1 saturated heterocycles. The van der Waals surface area contributed by atoms with Gasteiger partial charge in [-0.1, -0.05) is 0 Å². The molecule has 1 heterocycles. The lowest BCUT2D eigenvalue weighted by atomic mass is 9.94. The maximum absolute atomic E-state index is 12.3. The van der Waals surface area contributed by atoms with Crippen molar-refractivity contribution in [2.75, 3.05) is 47.5 Å². The zero-order valence-corrected chi connectivity index (χ0v) is 15.7. The van der Waals surface area contributed by atoms with Crippen molar-refractivity contribution in [1.29, 1.82) is 0 Å². The molecule has 26 heavy (non-hydrogen) atoms. The highest BCUT2D eigenvalue weighted by molar-refractivity contribution is 5.94. The molecule has 1 aliphatic rings. The Morgan fingerprint density at radius 3 is 2.58 bits per heavy atom. The second-order valence-electron chi connectivity index (χ2n) is 6.52. The first-order valence-electron chi connectivity index (χ1n) is 8.88. The Labute approximate surface area is 154 Å². The number of amides is 1. The molecule has 0 bridgehead atoms. The molecule has 0 aliphatic carbocycles. The Balaban J connectivity index is 1.85. The van der Waals surface area contributed by atoms with E-state index in [0.717, 1.165) is 19.5 Å². The van der Waals surface area contributed by atoms with Crippen LogP contribution >= 0.6 is 0 Å². The number of rotatable bonds is 8. The normalized spacial score (nSPS) is 15.3. The summed E-state index contributed by atoms with van der Waals surface area (Å²) in [6.07, 6.45) is 3.37. The van der Waals surface area contributed by atoms with Gasteiger partial charge in [0.25, 0.3) is 5.91 Å². The quantitative estimate of drug-likeness (QED) is 0.708. The van der Waals surface area contributed by atoms with E-state index in [0.29, 0.717) is 29.5 Å². The van der Waals surface area contributed by atoms with Crippen LogP contribution in [0.15, 0.2) is 18.2 Å². The van der Waals surface area contributed by atoms with Crippen molar-refractivity contribution >= 4 is 11.9 Å². The van der Waals surface area contributed by atoms with Gasteiger partial charge in [0, 0.05) is 12.1 Å². The van der Waals surface area contributed by atoms with E-state index in [1.165, 1.54) is 27.1 Å². The molecule has 7 nitrogen and oxygen atoms in total. The minimum absolute atomic E-state index is 0.143. The third kappa shape index (κ3) is 5.91. The van der Waals surface area contributed by atoms with E-state index in [1.807, 2.05) is 0 Å². The summed E-state index contributed by atoms with van der Waals surface area (Å²) in [5.41, 5.74) is 0.496. The van der Waals surface area contributed by atoms with Crippen molar-refractivity contribution < 1.29 is 23.8 Å². The molecular formula is C19H28N2O5. The lowest BCUT2D eigenvalue weighted by molar-refractivity contribution is -0.142. The van der Waals surface area contributed by atoms with E-state index in [2.05, 4.69) is 22.0 Å². The van der Waals surface area contributed by atoms with Gasteiger partial charge in [-0.05, 0) is 63.5 Å². The Morgan fingerprint density at radius 2 is 1.92 bits per heavy atom.